The first-order valence-electron chi connectivity index (χ1n) is 10.8. The molecular formula is C24H36O2. The van der Waals surface area contributed by atoms with Crippen molar-refractivity contribution in [3.8, 4) is 0 Å². The van der Waals surface area contributed by atoms with Gasteiger partial charge in [-0.05, 0) is 93.3 Å². The summed E-state index contributed by atoms with van der Waals surface area (Å²) in [7, 11) is 0. The van der Waals surface area contributed by atoms with Crippen molar-refractivity contribution in [2.45, 2.75) is 84.7 Å². The van der Waals surface area contributed by atoms with E-state index in [0.29, 0.717) is 17.6 Å². The molecule has 4 aliphatic carbocycles. The first-order chi connectivity index (χ1) is 12.3. The quantitative estimate of drug-likeness (QED) is 0.682. The molecule has 0 bridgehead atoms. The Morgan fingerprint density at radius 2 is 1.96 bits per heavy atom. The van der Waals surface area contributed by atoms with Gasteiger partial charge in [0.15, 0.2) is 0 Å². The Morgan fingerprint density at radius 1 is 1.23 bits per heavy atom. The number of allylic oxidation sites excluding steroid dienone is 2. The van der Waals surface area contributed by atoms with Crippen molar-refractivity contribution < 1.29 is 9.90 Å². The molecular weight excluding hydrogens is 320 g/mol. The van der Waals surface area contributed by atoms with Gasteiger partial charge in [0.25, 0.3) is 0 Å². The molecule has 0 saturated heterocycles. The summed E-state index contributed by atoms with van der Waals surface area (Å²) in [6, 6.07) is 0. The van der Waals surface area contributed by atoms with Crippen LogP contribution in [0.15, 0.2) is 24.3 Å². The van der Waals surface area contributed by atoms with Gasteiger partial charge in [-0.1, -0.05) is 31.6 Å². The number of hydrogen-bond acceptors (Lipinski definition) is 2. The van der Waals surface area contributed by atoms with E-state index in [9.17, 15) is 9.90 Å². The van der Waals surface area contributed by atoms with Crippen molar-refractivity contribution in [3.63, 3.8) is 0 Å². The number of aliphatic hydroxyl groups is 1. The summed E-state index contributed by atoms with van der Waals surface area (Å²) < 4.78 is 0. The van der Waals surface area contributed by atoms with Gasteiger partial charge in [0, 0.05) is 5.41 Å². The Balaban J connectivity index is 1.70. The van der Waals surface area contributed by atoms with Crippen LogP contribution in [-0.2, 0) is 4.79 Å². The molecule has 6 unspecified atom stereocenters. The molecule has 2 heteroatoms. The molecule has 1 N–H and O–H groups in total. The lowest BCUT2D eigenvalue weighted by Crippen LogP contribution is -2.53. The van der Waals surface area contributed by atoms with E-state index in [1.807, 2.05) is 13.0 Å². The van der Waals surface area contributed by atoms with Crippen LogP contribution < -0.4 is 0 Å². The van der Waals surface area contributed by atoms with E-state index in [-0.39, 0.29) is 22.3 Å². The van der Waals surface area contributed by atoms with Crippen LogP contribution in [0.25, 0.3) is 0 Å². The fraction of sp³-hybridized carbons (Fsp3) is 0.792. The second-order valence-electron chi connectivity index (χ2n) is 10.3. The summed E-state index contributed by atoms with van der Waals surface area (Å²) in [5.74, 6) is 2.50. The highest BCUT2D eigenvalue weighted by Gasteiger charge is 2.64. The molecule has 3 saturated carbocycles. The van der Waals surface area contributed by atoms with Crippen LogP contribution in [0.2, 0.25) is 0 Å². The number of hydrogen-bond donors (Lipinski definition) is 1. The Bertz CT molecular complexity index is 649. The molecule has 0 spiro atoms. The summed E-state index contributed by atoms with van der Waals surface area (Å²) in [6.07, 6.45) is 14.0. The summed E-state index contributed by atoms with van der Waals surface area (Å²) in [6.45, 7) is 10.7. The molecule has 4 rings (SSSR count). The van der Waals surface area contributed by atoms with Crippen LogP contribution in [-0.4, -0.2) is 17.0 Å². The van der Waals surface area contributed by atoms with E-state index in [4.69, 9.17) is 0 Å². The van der Waals surface area contributed by atoms with Gasteiger partial charge in [0.2, 0.25) is 0 Å². The number of rotatable bonds is 3. The Morgan fingerprint density at radius 3 is 2.65 bits per heavy atom. The SMILES string of the molecule is C=CC[C@]1(C(C)=O)CCC2C3CC=C4CC(O)CCC4(C)C3CCC21C. The summed E-state index contributed by atoms with van der Waals surface area (Å²) >= 11 is 0. The minimum absolute atomic E-state index is 0.129. The van der Waals surface area contributed by atoms with E-state index in [1.165, 1.54) is 24.8 Å². The molecule has 2 nitrogen and oxygen atoms in total. The lowest BCUT2D eigenvalue weighted by Gasteiger charge is -2.59. The third-order valence-electron chi connectivity index (χ3n) is 9.61. The number of carbonyl (C=O) groups excluding carboxylic acids is 1. The molecule has 0 heterocycles. The Labute approximate surface area is 159 Å². The van der Waals surface area contributed by atoms with E-state index < -0.39 is 0 Å². The predicted molar refractivity (Wildman–Crippen MR) is 106 cm³/mol. The summed E-state index contributed by atoms with van der Waals surface area (Å²) in [4.78, 5) is 12.8. The number of aliphatic hydroxyl groups excluding tert-OH is 1. The lowest BCUT2D eigenvalue weighted by molar-refractivity contribution is -0.140. The van der Waals surface area contributed by atoms with Gasteiger partial charge in [0.05, 0.1) is 6.10 Å². The smallest absolute Gasteiger partial charge is 0.136 e. The van der Waals surface area contributed by atoms with Crippen molar-refractivity contribution >= 4 is 5.78 Å². The number of ketones is 1. The molecule has 0 aromatic rings. The molecule has 0 amide bonds. The molecule has 0 aliphatic heterocycles. The van der Waals surface area contributed by atoms with Crippen LogP contribution >= 0.6 is 0 Å². The minimum Gasteiger partial charge on any atom is -0.393 e. The molecule has 0 aromatic heterocycles. The maximum absolute atomic E-state index is 12.8. The number of Topliss-reactive ketones (excluding diaryl/α,β-unsaturated/α-hetero) is 1. The zero-order chi connectivity index (χ0) is 18.7. The van der Waals surface area contributed by atoms with Gasteiger partial charge < -0.3 is 5.11 Å². The second kappa shape index (κ2) is 6.06. The predicted octanol–water partition coefficient (Wildman–Crippen LogP) is 5.46. The first kappa shape index (κ1) is 18.5. The van der Waals surface area contributed by atoms with Gasteiger partial charge >= 0.3 is 0 Å². The monoisotopic (exact) mass is 356 g/mol. The molecule has 144 valence electrons. The van der Waals surface area contributed by atoms with Crippen LogP contribution in [0.3, 0.4) is 0 Å². The highest BCUT2D eigenvalue weighted by atomic mass is 16.3. The highest BCUT2D eigenvalue weighted by molar-refractivity contribution is 5.84. The van der Waals surface area contributed by atoms with Crippen molar-refractivity contribution in [2.24, 2.45) is 34.0 Å². The van der Waals surface area contributed by atoms with Gasteiger partial charge in [-0.15, -0.1) is 6.58 Å². The van der Waals surface area contributed by atoms with Crippen LogP contribution in [0, 0.1) is 34.0 Å². The molecule has 0 aromatic carbocycles. The van der Waals surface area contributed by atoms with Gasteiger partial charge in [-0.2, -0.15) is 0 Å². The molecule has 7 atom stereocenters. The van der Waals surface area contributed by atoms with Gasteiger partial charge in [-0.3, -0.25) is 4.79 Å². The van der Waals surface area contributed by atoms with E-state index in [1.54, 1.807) is 0 Å². The highest BCUT2D eigenvalue weighted by Crippen LogP contribution is 2.70. The van der Waals surface area contributed by atoms with Crippen LogP contribution in [0.1, 0.15) is 78.6 Å². The van der Waals surface area contributed by atoms with Crippen molar-refractivity contribution in [1.82, 2.24) is 0 Å². The zero-order valence-electron chi connectivity index (χ0n) is 16.9. The van der Waals surface area contributed by atoms with Crippen LogP contribution in [0.5, 0.6) is 0 Å². The second-order valence-corrected chi connectivity index (χ2v) is 10.3. The fourth-order valence-electron chi connectivity index (χ4n) is 8.08. The van der Waals surface area contributed by atoms with Gasteiger partial charge in [0.1, 0.15) is 5.78 Å². The summed E-state index contributed by atoms with van der Waals surface area (Å²) in [5.41, 5.74) is 1.76. The van der Waals surface area contributed by atoms with E-state index >= 15 is 0 Å². The largest absolute Gasteiger partial charge is 0.393 e. The lowest BCUT2D eigenvalue weighted by atomic mass is 9.45. The fourth-order valence-corrected chi connectivity index (χ4v) is 8.08. The molecule has 26 heavy (non-hydrogen) atoms. The topological polar surface area (TPSA) is 37.3 Å². The maximum Gasteiger partial charge on any atom is 0.136 e. The van der Waals surface area contributed by atoms with Crippen LogP contribution in [0.4, 0.5) is 0 Å². The third-order valence-corrected chi connectivity index (χ3v) is 9.61. The number of carbonyl (C=O) groups is 1. The number of fused-ring (bicyclic) bond motifs is 5. The minimum atomic E-state index is -0.182. The zero-order valence-corrected chi connectivity index (χ0v) is 16.9. The van der Waals surface area contributed by atoms with E-state index in [0.717, 1.165) is 44.4 Å². The Hall–Kier alpha value is -0.890. The van der Waals surface area contributed by atoms with Crippen molar-refractivity contribution in [3.05, 3.63) is 24.3 Å². The third kappa shape index (κ3) is 2.23. The van der Waals surface area contributed by atoms with E-state index in [2.05, 4.69) is 26.5 Å². The normalized spacial score (nSPS) is 50.2. The van der Waals surface area contributed by atoms with Gasteiger partial charge in [-0.25, -0.2) is 0 Å². The maximum atomic E-state index is 12.8. The van der Waals surface area contributed by atoms with Crippen molar-refractivity contribution in [2.75, 3.05) is 0 Å². The first-order valence-corrected chi connectivity index (χ1v) is 10.8. The standard InChI is InChI=1S/C24H36O2/c1-5-11-24(16(2)25)14-10-21-19-7-6-17-15-18(26)8-12-22(17,3)20(19)9-13-23(21,24)4/h5-6,18-21,26H,1,7-15H2,2-4H3/t18?,19?,20?,21?,22?,23?,24-/m1/s1. The van der Waals surface area contributed by atoms with Crippen molar-refractivity contribution in [1.29, 1.82) is 0 Å². The average Bonchev–Trinajstić information content (AvgIpc) is 2.90. The molecule has 4 aliphatic rings. The molecule has 0 radical (unpaired) electrons. The summed E-state index contributed by atoms with van der Waals surface area (Å²) in [5, 5.41) is 10.2. The Kier molecular flexibility index (Phi) is 4.30. The average molecular weight is 357 g/mol. The molecule has 3 fully saturated rings.